The Bertz CT molecular complexity index is 802. The van der Waals surface area contributed by atoms with Gasteiger partial charge in [-0.05, 0) is 36.3 Å². The molecule has 0 bridgehead atoms. The highest BCUT2D eigenvalue weighted by molar-refractivity contribution is 9.10. The van der Waals surface area contributed by atoms with Gasteiger partial charge in [0.2, 0.25) is 5.91 Å². The lowest BCUT2D eigenvalue weighted by Gasteiger charge is -2.36. The van der Waals surface area contributed by atoms with Gasteiger partial charge in [0.05, 0.1) is 25.7 Å². The van der Waals surface area contributed by atoms with E-state index in [-0.39, 0.29) is 30.0 Å². The van der Waals surface area contributed by atoms with Crippen molar-refractivity contribution < 1.29 is 23.9 Å². The minimum absolute atomic E-state index is 0.0635. The lowest BCUT2D eigenvalue weighted by atomic mass is 10.1. The first-order valence-corrected chi connectivity index (χ1v) is 10.3. The molecule has 29 heavy (non-hydrogen) atoms. The van der Waals surface area contributed by atoms with Crippen LogP contribution in [0, 0.1) is 5.92 Å². The van der Waals surface area contributed by atoms with Gasteiger partial charge in [0.25, 0.3) is 5.91 Å². The molecule has 8 nitrogen and oxygen atoms in total. The maximum atomic E-state index is 12.7. The molecule has 0 radical (unpaired) electrons. The van der Waals surface area contributed by atoms with E-state index >= 15 is 0 Å². The van der Waals surface area contributed by atoms with Gasteiger partial charge in [-0.2, -0.15) is 0 Å². The van der Waals surface area contributed by atoms with Gasteiger partial charge < -0.3 is 19.7 Å². The Kier molecular flexibility index (Phi) is 8.39. The van der Waals surface area contributed by atoms with Crippen LogP contribution in [0.3, 0.4) is 0 Å². The number of carbonyl (C=O) groups excluding carboxylic acids is 3. The maximum Gasteiger partial charge on any atom is 0.308 e. The number of methoxy groups -OCH3 is 1. The Balaban J connectivity index is 2.10. The van der Waals surface area contributed by atoms with Gasteiger partial charge in [0.15, 0.2) is 5.11 Å². The molecule has 1 fully saturated rings. The number of nitrogens with one attached hydrogen (secondary N) is 2. The van der Waals surface area contributed by atoms with E-state index in [1.807, 2.05) is 13.8 Å². The topological polar surface area (TPSA) is 97.0 Å². The number of benzene rings is 1. The van der Waals surface area contributed by atoms with Crippen molar-refractivity contribution in [1.29, 1.82) is 0 Å². The normalized spacial score (nSPS) is 16.2. The monoisotopic (exact) mass is 485 g/mol. The standard InChI is InChI=1S/C19H24BrN3O5S/c1-11(2)10-28-16(24)9-14-18(26)21-6-7-23(14)19(29)22-17(25)13-8-12(20)4-5-15(13)27-3/h4-5,8,11,14H,6-7,9-10H2,1-3H3,(H,21,26)(H,22,25,29). The molecule has 1 aromatic rings. The Labute approximate surface area is 183 Å². The molecule has 1 unspecified atom stereocenters. The summed E-state index contributed by atoms with van der Waals surface area (Å²) in [5, 5.41) is 5.40. The highest BCUT2D eigenvalue weighted by Gasteiger charge is 2.34. The second-order valence-electron chi connectivity index (χ2n) is 6.89. The molecule has 0 spiro atoms. The average Bonchev–Trinajstić information content (AvgIpc) is 2.67. The zero-order valence-electron chi connectivity index (χ0n) is 16.5. The first kappa shape index (κ1) is 23.1. The van der Waals surface area contributed by atoms with Crippen LogP contribution >= 0.6 is 28.1 Å². The Hall–Kier alpha value is -2.20. The lowest BCUT2D eigenvalue weighted by Crippen LogP contribution is -2.60. The smallest absolute Gasteiger partial charge is 0.308 e. The summed E-state index contributed by atoms with van der Waals surface area (Å²) in [5.74, 6) is -0.724. The molecule has 2 rings (SSSR count). The van der Waals surface area contributed by atoms with E-state index in [9.17, 15) is 14.4 Å². The van der Waals surface area contributed by atoms with E-state index in [0.29, 0.717) is 28.9 Å². The molecule has 1 heterocycles. The van der Waals surface area contributed by atoms with Gasteiger partial charge in [-0.1, -0.05) is 29.8 Å². The maximum absolute atomic E-state index is 12.7. The molecule has 158 valence electrons. The fourth-order valence-corrected chi connectivity index (χ4v) is 3.40. The van der Waals surface area contributed by atoms with Crippen LogP contribution in [-0.2, 0) is 14.3 Å². The molecule has 1 aromatic carbocycles. The first-order chi connectivity index (χ1) is 13.7. The van der Waals surface area contributed by atoms with Crippen LogP contribution in [0.1, 0.15) is 30.6 Å². The summed E-state index contributed by atoms with van der Waals surface area (Å²) >= 11 is 8.68. The van der Waals surface area contributed by atoms with Crippen LogP contribution in [0.2, 0.25) is 0 Å². The van der Waals surface area contributed by atoms with Crippen LogP contribution in [0.15, 0.2) is 22.7 Å². The van der Waals surface area contributed by atoms with Crippen molar-refractivity contribution >= 4 is 51.0 Å². The molecule has 2 N–H and O–H groups in total. The van der Waals surface area contributed by atoms with E-state index in [1.165, 1.54) is 12.0 Å². The summed E-state index contributed by atoms with van der Waals surface area (Å²) in [5.41, 5.74) is 0.290. The Morgan fingerprint density at radius 2 is 2.14 bits per heavy atom. The largest absolute Gasteiger partial charge is 0.496 e. The van der Waals surface area contributed by atoms with E-state index < -0.39 is 17.9 Å². The number of carbonyl (C=O) groups is 3. The van der Waals surface area contributed by atoms with Crippen LogP contribution in [0.5, 0.6) is 5.75 Å². The molecular formula is C19H24BrN3O5S. The summed E-state index contributed by atoms with van der Waals surface area (Å²) < 4.78 is 11.1. The third kappa shape index (κ3) is 6.40. The fourth-order valence-electron chi connectivity index (χ4n) is 2.73. The number of ether oxygens (including phenoxy) is 2. The molecule has 0 aliphatic carbocycles. The van der Waals surface area contributed by atoms with Crippen LogP contribution < -0.4 is 15.4 Å². The third-order valence-electron chi connectivity index (χ3n) is 4.16. The molecule has 2 amide bonds. The van der Waals surface area contributed by atoms with Gasteiger partial charge in [0.1, 0.15) is 11.8 Å². The fraction of sp³-hybridized carbons (Fsp3) is 0.474. The van der Waals surface area contributed by atoms with Crippen molar-refractivity contribution in [2.45, 2.75) is 26.3 Å². The molecule has 1 aliphatic rings. The number of hydrogen-bond donors (Lipinski definition) is 2. The van der Waals surface area contributed by atoms with Gasteiger partial charge >= 0.3 is 5.97 Å². The number of nitrogens with zero attached hydrogens (tertiary/aromatic N) is 1. The SMILES string of the molecule is COc1ccc(Br)cc1C(=O)NC(=S)N1CCNC(=O)C1CC(=O)OCC(C)C. The van der Waals surface area contributed by atoms with Crippen molar-refractivity contribution in [3.8, 4) is 5.75 Å². The van der Waals surface area contributed by atoms with Crippen LogP contribution in [0.4, 0.5) is 0 Å². The third-order valence-corrected chi connectivity index (χ3v) is 4.99. The second kappa shape index (κ2) is 10.5. The summed E-state index contributed by atoms with van der Waals surface area (Å²) in [6, 6.07) is 4.17. The summed E-state index contributed by atoms with van der Waals surface area (Å²) in [6.45, 7) is 4.84. The van der Waals surface area contributed by atoms with Crippen molar-refractivity contribution in [2.75, 3.05) is 26.8 Å². The minimum atomic E-state index is -0.847. The van der Waals surface area contributed by atoms with Crippen LogP contribution in [-0.4, -0.2) is 60.6 Å². The highest BCUT2D eigenvalue weighted by Crippen LogP contribution is 2.23. The quantitative estimate of drug-likeness (QED) is 0.468. The van der Waals surface area contributed by atoms with E-state index in [4.69, 9.17) is 21.7 Å². The van der Waals surface area contributed by atoms with Gasteiger partial charge in [-0.3, -0.25) is 19.7 Å². The molecule has 1 atom stereocenters. The Morgan fingerprint density at radius 3 is 2.79 bits per heavy atom. The number of esters is 1. The number of thiocarbonyl (C=S) groups is 1. The molecular weight excluding hydrogens is 462 g/mol. The lowest BCUT2D eigenvalue weighted by molar-refractivity contribution is -0.148. The number of rotatable bonds is 6. The summed E-state index contributed by atoms with van der Waals surface area (Å²) in [6.07, 6.45) is -0.158. The predicted molar refractivity (Wildman–Crippen MR) is 115 cm³/mol. The molecule has 1 saturated heterocycles. The summed E-state index contributed by atoms with van der Waals surface area (Å²) in [4.78, 5) is 38.7. The van der Waals surface area contributed by atoms with Crippen LogP contribution in [0.25, 0.3) is 0 Å². The average molecular weight is 486 g/mol. The predicted octanol–water partition coefficient (Wildman–Crippen LogP) is 1.86. The Morgan fingerprint density at radius 1 is 1.41 bits per heavy atom. The zero-order chi connectivity index (χ0) is 21.6. The zero-order valence-corrected chi connectivity index (χ0v) is 18.9. The van der Waals surface area contributed by atoms with Gasteiger partial charge in [-0.25, -0.2) is 0 Å². The highest BCUT2D eigenvalue weighted by atomic mass is 79.9. The first-order valence-electron chi connectivity index (χ1n) is 9.11. The molecule has 10 heteroatoms. The molecule has 0 aromatic heterocycles. The minimum Gasteiger partial charge on any atom is -0.496 e. The summed E-state index contributed by atoms with van der Waals surface area (Å²) in [7, 11) is 1.46. The molecule has 1 aliphatic heterocycles. The van der Waals surface area contributed by atoms with Gasteiger partial charge in [-0.15, -0.1) is 0 Å². The number of halogens is 1. The van der Waals surface area contributed by atoms with E-state index in [1.54, 1.807) is 18.2 Å². The number of hydrogen-bond acceptors (Lipinski definition) is 6. The number of piperazine rings is 1. The van der Waals surface area contributed by atoms with Crippen molar-refractivity contribution in [2.24, 2.45) is 5.92 Å². The second-order valence-corrected chi connectivity index (χ2v) is 8.19. The van der Waals surface area contributed by atoms with Crippen molar-refractivity contribution in [3.05, 3.63) is 28.2 Å². The van der Waals surface area contributed by atoms with Crippen molar-refractivity contribution in [3.63, 3.8) is 0 Å². The van der Waals surface area contributed by atoms with E-state index in [0.717, 1.165) is 0 Å². The van der Waals surface area contributed by atoms with E-state index in [2.05, 4.69) is 26.6 Å². The van der Waals surface area contributed by atoms with Crippen molar-refractivity contribution in [1.82, 2.24) is 15.5 Å². The number of amides is 2. The van der Waals surface area contributed by atoms with Gasteiger partial charge in [0, 0.05) is 17.6 Å². The molecule has 0 saturated carbocycles.